The summed E-state index contributed by atoms with van der Waals surface area (Å²) in [6.07, 6.45) is 3.53. The Hall–Kier alpha value is -5.13. The van der Waals surface area contributed by atoms with Crippen molar-refractivity contribution in [2.24, 2.45) is 23.3 Å². The van der Waals surface area contributed by atoms with E-state index in [2.05, 4.69) is 35.1 Å². The van der Waals surface area contributed by atoms with Crippen molar-refractivity contribution in [1.82, 2.24) is 25.4 Å². The monoisotopic (exact) mass is 832 g/mol. The largest absolute Gasteiger partial charge is 0.494 e. The molecule has 3 atom stereocenters. The molecule has 0 radical (unpaired) electrons. The standard InChI is InChI=1S/C40H64N8O9S/c1-8-28(9-2)58-30-22-32(50)48(38(30)54)21-12-10-11-15-31(49)46-33(24(3)4)37(53)45-29(14-13-20-43-39(42)55)36(52)44-27-18-16-26(17-19-27)23-57-40(56)47(7)34(25(5)6)35(41)51/h16-19,22,24-25,28-29,33-34,50,54H,8-15,20-21,23H2,1-7H3,(H2,41,51)(H,44,52)(H,45,53)(H,46,49)(H3,42,43,55). The maximum atomic E-state index is 13.6. The van der Waals surface area contributed by atoms with Crippen LogP contribution in [-0.4, -0.2) is 92.4 Å². The molecule has 0 aliphatic rings. The van der Waals surface area contributed by atoms with Crippen molar-refractivity contribution in [3.63, 3.8) is 0 Å². The Kier molecular flexibility index (Phi) is 20.8. The van der Waals surface area contributed by atoms with Gasteiger partial charge in [0.05, 0.1) is 4.90 Å². The molecule has 0 aliphatic carbocycles. The van der Waals surface area contributed by atoms with E-state index in [0.29, 0.717) is 53.6 Å². The van der Waals surface area contributed by atoms with Crippen LogP contribution in [0.25, 0.3) is 0 Å². The molecule has 18 heteroatoms. The lowest BCUT2D eigenvalue weighted by Gasteiger charge is -2.27. The number of hydrogen-bond acceptors (Lipinski definition) is 10. The van der Waals surface area contributed by atoms with Gasteiger partial charge in [-0.25, -0.2) is 9.59 Å². The quantitative estimate of drug-likeness (QED) is 0.0512. The molecule has 2 aromatic rings. The van der Waals surface area contributed by atoms with E-state index in [0.717, 1.165) is 17.7 Å². The normalized spacial score (nSPS) is 12.8. The van der Waals surface area contributed by atoms with Crippen molar-refractivity contribution in [1.29, 1.82) is 0 Å². The van der Waals surface area contributed by atoms with Gasteiger partial charge in [-0.1, -0.05) is 60.1 Å². The first-order valence-electron chi connectivity index (χ1n) is 19.9. The van der Waals surface area contributed by atoms with Gasteiger partial charge < -0.3 is 47.7 Å². The zero-order valence-electron chi connectivity index (χ0n) is 34.8. The van der Waals surface area contributed by atoms with E-state index >= 15 is 0 Å². The number of anilines is 1. The molecule has 58 heavy (non-hydrogen) atoms. The van der Waals surface area contributed by atoms with E-state index in [4.69, 9.17) is 16.2 Å². The number of primary amides is 2. The second kappa shape index (κ2) is 24.6. The van der Waals surface area contributed by atoms with Gasteiger partial charge in [0.2, 0.25) is 29.5 Å². The SMILES string of the molecule is CCC(CC)Sc1cc(O)n(CCCCCC(=O)NC(C(=O)NC(CCCNC(N)=O)C(=O)Nc2ccc(COC(=O)N(C)C(C(N)=O)C(C)C)cc2)C(C)C)c1O. The van der Waals surface area contributed by atoms with E-state index < -0.39 is 48.0 Å². The molecular formula is C40H64N8O9S. The summed E-state index contributed by atoms with van der Waals surface area (Å²) in [6.45, 7) is 11.7. The average Bonchev–Trinajstić information content (AvgIpc) is 3.42. The fourth-order valence-electron chi connectivity index (χ4n) is 6.24. The van der Waals surface area contributed by atoms with Crippen LogP contribution in [0.15, 0.2) is 35.2 Å². The van der Waals surface area contributed by atoms with Crippen LogP contribution >= 0.6 is 11.8 Å². The maximum Gasteiger partial charge on any atom is 0.410 e. The van der Waals surface area contributed by atoms with Gasteiger partial charge in [-0.3, -0.25) is 28.6 Å². The third-order valence-corrected chi connectivity index (χ3v) is 11.1. The van der Waals surface area contributed by atoms with Crippen molar-refractivity contribution in [2.45, 2.75) is 134 Å². The molecule has 2 rings (SSSR count). The van der Waals surface area contributed by atoms with Crippen molar-refractivity contribution in [3.05, 3.63) is 35.9 Å². The first-order chi connectivity index (χ1) is 27.4. The Bertz CT molecular complexity index is 1660. The summed E-state index contributed by atoms with van der Waals surface area (Å²) in [6, 6.07) is 4.54. The lowest BCUT2D eigenvalue weighted by Crippen LogP contribution is -2.54. The highest BCUT2D eigenvalue weighted by molar-refractivity contribution is 8.00. The van der Waals surface area contributed by atoms with Crippen molar-refractivity contribution < 1.29 is 43.7 Å². The van der Waals surface area contributed by atoms with Crippen LogP contribution < -0.4 is 32.7 Å². The topological polar surface area (TPSA) is 260 Å². The van der Waals surface area contributed by atoms with Gasteiger partial charge in [0.15, 0.2) is 5.88 Å². The number of thioether (sulfide) groups is 1. The molecule has 324 valence electrons. The third-order valence-electron chi connectivity index (χ3n) is 9.58. The second-order valence-electron chi connectivity index (χ2n) is 14.9. The molecule has 1 aromatic carbocycles. The third kappa shape index (κ3) is 16.0. The Morgan fingerprint density at radius 3 is 2.10 bits per heavy atom. The van der Waals surface area contributed by atoms with Gasteiger partial charge in [-0.05, 0) is 68.1 Å². The Balaban J connectivity index is 1.98. The number of nitrogens with zero attached hydrogens (tertiary/aromatic N) is 2. The van der Waals surface area contributed by atoms with Crippen LogP contribution in [0.3, 0.4) is 0 Å². The van der Waals surface area contributed by atoms with E-state index in [1.165, 1.54) is 11.6 Å². The average molecular weight is 833 g/mol. The number of nitrogens with two attached hydrogens (primary N) is 2. The van der Waals surface area contributed by atoms with Gasteiger partial charge in [-0.2, -0.15) is 0 Å². The highest BCUT2D eigenvalue weighted by Crippen LogP contribution is 2.39. The molecule has 17 nitrogen and oxygen atoms in total. The number of urea groups is 1. The van der Waals surface area contributed by atoms with Crippen LogP contribution in [0.4, 0.5) is 15.3 Å². The van der Waals surface area contributed by atoms with Crippen molar-refractivity contribution >= 4 is 53.2 Å². The van der Waals surface area contributed by atoms with Crippen molar-refractivity contribution in [3.8, 4) is 11.8 Å². The molecule has 0 saturated heterocycles. The van der Waals surface area contributed by atoms with Crippen LogP contribution in [0.5, 0.6) is 11.8 Å². The zero-order chi connectivity index (χ0) is 43.5. The molecule has 0 bridgehead atoms. The highest BCUT2D eigenvalue weighted by atomic mass is 32.2. The molecule has 1 aromatic heterocycles. The number of rotatable bonds is 25. The van der Waals surface area contributed by atoms with Gasteiger partial charge in [0.25, 0.3) is 0 Å². The molecule has 10 N–H and O–H groups in total. The predicted octanol–water partition coefficient (Wildman–Crippen LogP) is 4.53. The number of nitrogens with one attached hydrogen (secondary N) is 4. The second-order valence-corrected chi connectivity index (χ2v) is 16.3. The molecule has 0 saturated carbocycles. The summed E-state index contributed by atoms with van der Waals surface area (Å²) in [7, 11) is 1.44. The summed E-state index contributed by atoms with van der Waals surface area (Å²) in [5.41, 5.74) is 11.6. The van der Waals surface area contributed by atoms with Crippen LogP contribution in [0.2, 0.25) is 0 Å². The lowest BCUT2D eigenvalue weighted by atomic mass is 10.0. The maximum absolute atomic E-state index is 13.6. The lowest BCUT2D eigenvalue weighted by molar-refractivity contribution is -0.132. The number of likely N-dealkylation sites (N-methyl/N-ethyl adjacent to an activating group) is 1. The van der Waals surface area contributed by atoms with Crippen LogP contribution in [-0.2, 0) is 37.1 Å². The first kappa shape index (κ1) is 49.0. The number of carbonyl (C=O) groups is 6. The summed E-state index contributed by atoms with van der Waals surface area (Å²) in [5, 5.41) is 32.2. The van der Waals surface area contributed by atoms with Crippen LogP contribution in [0.1, 0.15) is 98.5 Å². The molecule has 0 fully saturated rings. The number of hydrogen-bond donors (Lipinski definition) is 8. The number of ether oxygens (including phenoxy) is 1. The molecule has 0 spiro atoms. The van der Waals surface area contributed by atoms with Crippen LogP contribution in [0, 0.1) is 11.8 Å². The smallest absolute Gasteiger partial charge is 0.410 e. The molecule has 0 aliphatic heterocycles. The van der Waals surface area contributed by atoms with Gasteiger partial charge in [0.1, 0.15) is 24.7 Å². The number of amides is 7. The van der Waals surface area contributed by atoms with Crippen molar-refractivity contribution in [2.75, 3.05) is 18.9 Å². The number of aromatic hydroxyl groups is 2. The number of carbonyl (C=O) groups excluding carboxylic acids is 6. The Labute approximate surface area is 345 Å². The van der Waals surface area contributed by atoms with Gasteiger partial charge >= 0.3 is 12.1 Å². The minimum absolute atomic E-state index is 0.00739. The van der Waals surface area contributed by atoms with E-state index in [-0.39, 0.29) is 55.5 Å². The van der Waals surface area contributed by atoms with E-state index in [1.54, 1.807) is 69.8 Å². The van der Waals surface area contributed by atoms with E-state index in [1.807, 2.05) is 0 Å². The predicted molar refractivity (Wildman–Crippen MR) is 223 cm³/mol. The minimum Gasteiger partial charge on any atom is -0.494 e. The molecule has 3 unspecified atom stereocenters. The molecule has 1 heterocycles. The highest BCUT2D eigenvalue weighted by Gasteiger charge is 2.30. The Morgan fingerprint density at radius 2 is 1.53 bits per heavy atom. The Morgan fingerprint density at radius 1 is 0.879 bits per heavy atom. The molecular weight excluding hydrogens is 769 g/mol. The zero-order valence-corrected chi connectivity index (χ0v) is 35.7. The fraction of sp³-hybridized carbons (Fsp3) is 0.600. The first-order valence-corrected chi connectivity index (χ1v) is 20.8. The van der Waals surface area contributed by atoms with Gasteiger partial charge in [0, 0.05) is 43.6 Å². The summed E-state index contributed by atoms with van der Waals surface area (Å²) in [4.78, 5) is 77.4. The van der Waals surface area contributed by atoms with Gasteiger partial charge in [-0.15, -0.1) is 11.8 Å². The van der Waals surface area contributed by atoms with E-state index in [9.17, 15) is 39.0 Å². The number of unbranched alkanes of at least 4 members (excludes halogenated alkanes) is 2. The minimum atomic E-state index is -1.04. The summed E-state index contributed by atoms with van der Waals surface area (Å²) in [5.74, 6) is -2.56. The summed E-state index contributed by atoms with van der Waals surface area (Å²) >= 11 is 1.54. The molecule has 7 amide bonds. The summed E-state index contributed by atoms with van der Waals surface area (Å²) < 4.78 is 6.81. The number of benzene rings is 1. The number of aromatic nitrogens is 1. The fourth-order valence-corrected chi connectivity index (χ4v) is 7.33.